The molecule has 22 heavy (non-hydrogen) atoms. The second-order valence-electron chi connectivity index (χ2n) is 6.99. The largest absolute Gasteiger partial charge is 0.444 e. The first-order valence-electron chi connectivity index (χ1n) is 7.74. The second-order valence-corrected chi connectivity index (χ2v) is 6.99. The molecular weight excluding hydrogens is 283 g/mol. The number of rotatable bonds is 5. The zero-order chi connectivity index (χ0) is 16.2. The van der Waals surface area contributed by atoms with Crippen LogP contribution in [-0.4, -0.2) is 23.8 Å². The Morgan fingerprint density at radius 3 is 2.64 bits per heavy atom. The Bertz CT molecular complexity index is 522. The van der Waals surface area contributed by atoms with Gasteiger partial charge in [0, 0.05) is 13.1 Å². The van der Waals surface area contributed by atoms with Gasteiger partial charge < -0.3 is 15.4 Å². The van der Waals surface area contributed by atoms with E-state index < -0.39 is 5.60 Å². The highest BCUT2D eigenvalue weighted by Crippen LogP contribution is 2.31. The predicted molar refractivity (Wildman–Crippen MR) is 84.1 cm³/mol. The van der Waals surface area contributed by atoms with Gasteiger partial charge in [-0.15, -0.1) is 0 Å². The standard InChI is InChI=1S/C17H25FN2O2/c1-16(2,3)22-15(21)20-17(8-5-9-17)12-19-11-13-6-4-7-14(18)10-13/h4,6-7,10,19H,5,8-9,11-12H2,1-3H3,(H,20,21). The summed E-state index contributed by atoms with van der Waals surface area (Å²) in [5, 5.41) is 6.29. The molecule has 1 aromatic rings. The molecule has 0 aliphatic heterocycles. The van der Waals surface area contributed by atoms with E-state index in [1.165, 1.54) is 12.1 Å². The van der Waals surface area contributed by atoms with Crippen molar-refractivity contribution in [1.29, 1.82) is 0 Å². The van der Waals surface area contributed by atoms with Crippen molar-refractivity contribution in [3.05, 3.63) is 35.6 Å². The van der Waals surface area contributed by atoms with Gasteiger partial charge in [-0.3, -0.25) is 0 Å². The molecule has 2 N–H and O–H groups in total. The molecule has 0 heterocycles. The highest BCUT2D eigenvalue weighted by Gasteiger charge is 2.39. The molecule has 1 aliphatic rings. The lowest BCUT2D eigenvalue weighted by Crippen LogP contribution is -2.59. The smallest absolute Gasteiger partial charge is 0.408 e. The van der Waals surface area contributed by atoms with E-state index in [0.717, 1.165) is 24.8 Å². The van der Waals surface area contributed by atoms with E-state index in [2.05, 4.69) is 10.6 Å². The van der Waals surface area contributed by atoms with Crippen LogP contribution < -0.4 is 10.6 Å². The van der Waals surface area contributed by atoms with Gasteiger partial charge in [0.2, 0.25) is 0 Å². The van der Waals surface area contributed by atoms with Gasteiger partial charge in [-0.2, -0.15) is 0 Å². The van der Waals surface area contributed by atoms with E-state index in [9.17, 15) is 9.18 Å². The van der Waals surface area contributed by atoms with Crippen LogP contribution in [0.3, 0.4) is 0 Å². The molecule has 2 rings (SSSR count). The Balaban J connectivity index is 1.82. The van der Waals surface area contributed by atoms with Gasteiger partial charge in [0.15, 0.2) is 0 Å². The summed E-state index contributed by atoms with van der Waals surface area (Å²) >= 11 is 0. The molecule has 4 nitrogen and oxygen atoms in total. The Morgan fingerprint density at radius 1 is 1.36 bits per heavy atom. The minimum absolute atomic E-state index is 0.232. The van der Waals surface area contributed by atoms with Crippen LogP contribution in [-0.2, 0) is 11.3 Å². The zero-order valence-corrected chi connectivity index (χ0v) is 13.5. The Morgan fingerprint density at radius 2 is 2.09 bits per heavy atom. The fourth-order valence-electron chi connectivity index (χ4n) is 2.56. The molecule has 0 saturated heterocycles. The van der Waals surface area contributed by atoms with E-state index in [4.69, 9.17) is 4.74 Å². The molecule has 1 amide bonds. The van der Waals surface area contributed by atoms with Crippen LogP contribution in [0, 0.1) is 5.82 Å². The summed E-state index contributed by atoms with van der Waals surface area (Å²) in [5.74, 6) is -0.232. The summed E-state index contributed by atoms with van der Waals surface area (Å²) in [6.07, 6.45) is 2.59. The van der Waals surface area contributed by atoms with Gasteiger partial charge in [0.1, 0.15) is 11.4 Å². The number of hydrogen-bond acceptors (Lipinski definition) is 3. The second kappa shape index (κ2) is 6.65. The van der Waals surface area contributed by atoms with Crippen LogP contribution in [0.25, 0.3) is 0 Å². The average Bonchev–Trinajstić information content (AvgIpc) is 2.33. The van der Waals surface area contributed by atoms with Crippen molar-refractivity contribution in [2.75, 3.05) is 6.54 Å². The predicted octanol–water partition coefficient (Wildman–Crippen LogP) is 3.36. The van der Waals surface area contributed by atoms with Gasteiger partial charge in [-0.25, -0.2) is 9.18 Å². The lowest BCUT2D eigenvalue weighted by molar-refractivity contribution is 0.0382. The summed E-state index contributed by atoms with van der Waals surface area (Å²) in [6.45, 7) is 6.78. The van der Waals surface area contributed by atoms with Gasteiger partial charge >= 0.3 is 6.09 Å². The molecule has 122 valence electrons. The molecule has 0 atom stereocenters. The molecule has 1 saturated carbocycles. The maximum atomic E-state index is 13.1. The van der Waals surface area contributed by atoms with Crippen molar-refractivity contribution >= 4 is 6.09 Å². The highest BCUT2D eigenvalue weighted by atomic mass is 19.1. The summed E-state index contributed by atoms with van der Waals surface area (Å²) in [5.41, 5.74) is 0.159. The minimum Gasteiger partial charge on any atom is -0.444 e. The third-order valence-corrected chi connectivity index (χ3v) is 3.76. The van der Waals surface area contributed by atoms with Crippen LogP contribution in [0.15, 0.2) is 24.3 Å². The number of nitrogens with one attached hydrogen (secondary N) is 2. The molecule has 0 bridgehead atoms. The number of halogens is 1. The van der Waals surface area contributed by atoms with Gasteiger partial charge in [-0.1, -0.05) is 12.1 Å². The average molecular weight is 308 g/mol. The van der Waals surface area contributed by atoms with Gasteiger partial charge in [0.05, 0.1) is 5.54 Å². The first kappa shape index (κ1) is 16.7. The lowest BCUT2D eigenvalue weighted by atomic mass is 9.76. The number of carbonyl (C=O) groups excluding carboxylic acids is 1. The topological polar surface area (TPSA) is 50.4 Å². The lowest BCUT2D eigenvalue weighted by Gasteiger charge is -2.42. The summed E-state index contributed by atoms with van der Waals surface area (Å²) in [6, 6.07) is 6.53. The van der Waals surface area contributed by atoms with E-state index in [-0.39, 0.29) is 17.4 Å². The normalized spacial score (nSPS) is 16.7. The molecule has 0 radical (unpaired) electrons. The van der Waals surface area contributed by atoms with E-state index in [1.807, 2.05) is 26.8 Å². The molecular formula is C17H25FN2O2. The van der Waals surface area contributed by atoms with Crippen LogP contribution in [0.1, 0.15) is 45.6 Å². The summed E-state index contributed by atoms with van der Waals surface area (Å²) < 4.78 is 18.5. The minimum atomic E-state index is -0.496. The molecule has 1 aliphatic carbocycles. The number of alkyl carbamates (subject to hydrolysis) is 1. The van der Waals surface area contributed by atoms with E-state index >= 15 is 0 Å². The SMILES string of the molecule is CC(C)(C)OC(=O)NC1(CNCc2cccc(F)c2)CCC1. The Labute approximate surface area is 131 Å². The molecule has 0 aromatic heterocycles. The van der Waals surface area contributed by atoms with Crippen molar-refractivity contribution in [2.45, 2.75) is 57.7 Å². The highest BCUT2D eigenvalue weighted by molar-refractivity contribution is 5.69. The molecule has 1 fully saturated rings. The maximum Gasteiger partial charge on any atom is 0.408 e. The monoisotopic (exact) mass is 308 g/mol. The van der Waals surface area contributed by atoms with Crippen LogP contribution in [0.5, 0.6) is 0 Å². The molecule has 0 spiro atoms. The zero-order valence-electron chi connectivity index (χ0n) is 13.5. The number of ether oxygens (including phenoxy) is 1. The molecule has 0 unspecified atom stereocenters. The fraction of sp³-hybridized carbons (Fsp3) is 0.588. The quantitative estimate of drug-likeness (QED) is 0.877. The molecule has 5 heteroatoms. The first-order valence-corrected chi connectivity index (χ1v) is 7.74. The first-order chi connectivity index (χ1) is 10.3. The third-order valence-electron chi connectivity index (χ3n) is 3.76. The third kappa shape index (κ3) is 4.98. The van der Waals surface area contributed by atoms with E-state index in [1.54, 1.807) is 6.07 Å². The number of hydrogen-bond donors (Lipinski definition) is 2. The van der Waals surface area contributed by atoms with Crippen molar-refractivity contribution in [3.8, 4) is 0 Å². The van der Waals surface area contributed by atoms with Gasteiger partial charge in [0.25, 0.3) is 0 Å². The number of carbonyl (C=O) groups is 1. The Hall–Kier alpha value is -1.62. The van der Waals surface area contributed by atoms with Crippen LogP contribution >= 0.6 is 0 Å². The van der Waals surface area contributed by atoms with Crippen molar-refractivity contribution in [3.63, 3.8) is 0 Å². The van der Waals surface area contributed by atoms with Gasteiger partial charge in [-0.05, 0) is 57.7 Å². The number of amides is 1. The van der Waals surface area contributed by atoms with Crippen molar-refractivity contribution < 1.29 is 13.9 Å². The van der Waals surface area contributed by atoms with Crippen molar-refractivity contribution in [2.24, 2.45) is 0 Å². The fourth-order valence-corrected chi connectivity index (χ4v) is 2.56. The number of benzene rings is 1. The Kier molecular flexibility index (Phi) is 5.06. The summed E-state index contributed by atoms with van der Waals surface area (Å²) in [7, 11) is 0. The van der Waals surface area contributed by atoms with Crippen LogP contribution in [0.4, 0.5) is 9.18 Å². The van der Waals surface area contributed by atoms with E-state index in [0.29, 0.717) is 13.1 Å². The van der Waals surface area contributed by atoms with Crippen LogP contribution in [0.2, 0.25) is 0 Å². The maximum absolute atomic E-state index is 13.1. The molecule has 1 aromatic carbocycles. The summed E-state index contributed by atoms with van der Waals surface area (Å²) in [4.78, 5) is 11.9. The van der Waals surface area contributed by atoms with Crippen molar-refractivity contribution in [1.82, 2.24) is 10.6 Å².